The zero-order valence-corrected chi connectivity index (χ0v) is 17.9. The molecule has 32 heavy (non-hydrogen) atoms. The van der Waals surface area contributed by atoms with Crippen LogP contribution in [0.4, 0.5) is 18.9 Å². The normalized spacial score (nSPS) is 11.2. The number of ether oxygens (including phenoxy) is 1. The average Bonchev–Trinajstić information content (AvgIpc) is 2.70. The maximum atomic E-state index is 14.3. The summed E-state index contributed by atoms with van der Waals surface area (Å²) in [5.41, 5.74) is 0.0121. The average molecular weight is 441 g/mol. The second-order valence-corrected chi connectivity index (χ2v) is 8.14. The maximum absolute atomic E-state index is 14.3. The smallest absolute Gasteiger partial charge is 0.326 e. The van der Waals surface area contributed by atoms with E-state index in [4.69, 9.17) is 4.74 Å². The number of carbonyl (C=O) groups excluding carboxylic acids is 2. The van der Waals surface area contributed by atoms with Crippen LogP contribution in [0, 0.1) is 17.5 Å². The molecule has 1 amide bonds. The summed E-state index contributed by atoms with van der Waals surface area (Å²) in [4.78, 5) is 26.6. The lowest BCUT2D eigenvalue weighted by Gasteiger charge is -2.26. The molecule has 0 N–H and O–H groups in total. The van der Waals surface area contributed by atoms with E-state index in [0.29, 0.717) is 12.1 Å². The van der Waals surface area contributed by atoms with E-state index < -0.39 is 47.0 Å². The van der Waals surface area contributed by atoms with E-state index in [-0.39, 0.29) is 5.69 Å². The van der Waals surface area contributed by atoms with Crippen LogP contribution in [0.3, 0.4) is 0 Å². The Labute approximate surface area is 184 Å². The lowest BCUT2D eigenvalue weighted by atomic mass is 10.0. The van der Waals surface area contributed by atoms with E-state index in [9.17, 15) is 22.8 Å². The lowest BCUT2D eigenvalue weighted by Crippen LogP contribution is -2.39. The number of hydrogen-bond acceptors (Lipinski definition) is 3. The first-order valence-electron chi connectivity index (χ1n) is 9.89. The fraction of sp³-hybridized carbons (Fsp3) is 0.200. The number of benzene rings is 3. The molecule has 0 atom stereocenters. The van der Waals surface area contributed by atoms with E-state index in [2.05, 4.69) is 0 Å². The van der Waals surface area contributed by atoms with Crippen LogP contribution in [-0.2, 0) is 9.53 Å². The minimum absolute atomic E-state index is 0.227. The molecule has 0 heterocycles. The molecule has 0 unspecified atom stereocenters. The summed E-state index contributed by atoms with van der Waals surface area (Å²) < 4.78 is 47.3. The van der Waals surface area contributed by atoms with Crippen LogP contribution in [0.15, 0.2) is 66.7 Å². The molecule has 0 aliphatic carbocycles. The van der Waals surface area contributed by atoms with Crippen LogP contribution in [0.1, 0.15) is 31.1 Å². The third-order valence-electron chi connectivity index (χ3n) is 4.44. The molecule has 0 saturated carbocycles. The van der Waals surface area contributed by atoms with Gasteiger partial charge in [0.2, 0.25) is 0 Å². The van der Waals surface area contributed by atoms with Crippen molar-refractivity contribution >= 4 is 17.6 Å². The molecule has 0 aromatic heterocycles. The predicted molar refractivity (Wildman–Crippen MR) is 116 cm³/mol. The Morgan fingerprint density at radius 1 is 0.844 bits per heavy atom. The van der Waals surface area contributed by atoms with Crippen molar-refractivity contribution in [3.63, 3.8) is 0 Å². The van der Waals surface area contributed by atoms with Gasteiger partial charge in [0.25, 0.3) is 5.91 Å². The van der Waals surface area contributed by atoms with Crippen LogP contribution in [0.2, 0.25) is 0 Å². The Morgan fingerprint density at radius 2 is 1.44 bits per heavy atom. The zero-order chi connectivity index (χ0) is 23.5. The van der Waals surface area contributed by atoms with Crippen LogP contribution in [0.25, 0.3) is 11.1 Å². The Kier molecular flexibility index (Phi) is 6.67. The van der Waals surface area contributed by atoms with Crippen LogP contribution in [-0.4, -0.2) is 24.0 Å². The van der Waals surface area contributed by atoms with E-state index in [0.717, 1.165) is 16.0 Å². The molecule has 0 spiro atoms. The van der Waals surface area contributed by atoms with E-state index >= 15 is 0 Å². The summed E-state index contributed by atoms with van der Waals surface area (Å²) >= 11 is 0. The molecule has 3 aromatic carbocycles. The second-order valence-electron chi connectivity index (χ2n) is 8.14. The SMILES string of the molecule is CC(C)(C)OC(=O)CN(C(=O)c1c(F)cc(F)cc1F)c1cccc(-c2ccccc2)c1. The number of anilines is 1. The molecule has 3 rings (SSSR count). The summed E-state index contributed by atoms with van der Waals surface area (Å²) in [6, 6.07) is 16.7. The summed E-state index contributed by atoms with van der Waals surface area (Å²) in [5.74, 6) is -5.77. The number of amides is 1. The topological polar surface area (TPSA) is 46.6 Å². The van der Waals surface area contributed by atoms with Crippen molar-refractivity contribution in [1.82, 2.24) is 0 Å². The number of halogens is 3. The van der Waals surface area contributed by atoms with E-state index in [1.54, 1.807) is 39.0 Å². The van der Waals surface area contributed by atoms with Gasteiger partial charge < -0.3 is 4.74 Å². The molecule has 0 bridgehead atoms. The molecular weight excluding hydrogens is 419 g/mol. The van der Waals surface area contributed by atoms with Gasteiger partial charge in [-0.2, -0.15) is 0 Å². The first-order valence-corrected chi connectivity index (χ1v) is 9.89. The Bertz CT molecular complexity index is 1120. The second kappa shape index (κ2) is 9.26. The Morgan fingerprint density at radius 3 is 2.03 bits per heavy atom. The third-order valence-corrected chi connectivity index (χ3v) is 4.44. The van der Waals surface area contributed by atoms with Gasteiger partial charge in [-0.1, -0.05) is 42.5 Å². The van der Waals surface area contributed by atoms with Crippen LogP contribution < -0.4 is 4.90 Å². The highest BCUT2D eigenvalue weighted by Gasteiger charge is 2.29. The van der Waals surface area contributed by atoms with Gasteiger partial charge >= 0.3 is 5.97 Å². The fourth-order valence-corrected chi connectivity index (χ4v) is 3.15. The Balaban J connectivity index is 2.06. The van der Waals surface area contributed by atoms with Gasteiger partial charge in [0.05, 0.1) is 0 Å². The van der Waals surface area contributed by atoms with Crippen molar-refractivity contribution in [1.29, 1.82) is 0 Å². The van der Waals surface area contributed by atoms with Gasteiger partial charge in [-0.15, -0.1) is 0 Å². The predicted octanol–water partition coefficient (Wildman–Crippen LogP) is 5.76. The summed E-state index contributed by atoms with van der Waals surface area (Å²) in [7, 11) is 0. The number of carbonyl (C=O) groups is 2. The van der Waals surface area contributed by atoms with Crippen molar-refractivity contribution in [2.45, 2.75) is 26.4 Å². The molecule has 0 aliphatic rings. The number of hydrogen-bond donors (Lipinski definition) is 0. The highest BCUT2D eigenvalue weighted by atomic mass is 19.1. The van der Waals surface area contributed by atoms with E-state index in [1.807, 2.05) is 30.3 Å². The van der Waals surface area contributed by atoms with Gasteiger partial charge in [0, 0.05) is 17.8 Å². The minimum atomic E-state index is -1.36. The first-order chi connectivity index (χ1) is 15.0. The maximum Gasteiger partial charge on any atom is 0.326 e. The molecule has 7 heteroatoms. The third kappa shape index (κ3) is 5.55. The first kappa shape index (κ1) is 23.1. The lowest BCUT2D eigenvalue weighted by molar-refractivity contribution is -0.152. The van der Waals surface area contributed by atoms with Gasteiger partial charge in [-0.25, -0.2) is 13.2 Å². The van der Waals surface area contributed by atoms with Gasteiger partial charge in [0.15, 0.2) is 0 Å². The number of esters is 1. The van der Waals surface area contributed by atoms with Crippen molar-refractivity contribution in [2.24, 2.45) is 0 Å². The molecule has 3 aromatic rings. The molecule has 0 aliphatic heterocycles. The minimum Gasteiger partial charge on any atom is -0.459 e. The Hall–Kier alpha value is -3.61. The van der Waals surface area contributed by atoms with Gasteiger partial charge in [-0.3, -0.25) is 14.5 Å². The highest BCUT2D eigenvalue weighted by Crippen LogP contribution is 2.27. The largest absolute Gasteiger partial charge is 0.459 e. The molecule has 0 radical (unpaired) electrons. The van der Waals surface area contributed by atoms with Crippen molar-refractivity contribution in [2.75, 3.05) is 11.4 Å². The van der Waals surface area contributed by atoms with Crippen molar-refractivity contribution in [3.8, 4) is 11.1 Å². The van der Waals surface area contributed by atoms with Gasteiger partial charge in [-0.05, 0) is 44.0 Å². The molecule has 166 valence electrons. The van der Waals surface area contributed by atoms with Crippen LogP contribution >= 0.6 is 0 Å². The number of nitrogens with zero attached hydrogens (tertiary/aromatic N) is 1. The summed E-state index contributed by atoms with van der Waals surface area (Å²) in [5, 5.41) is 0. The number of rotatable bonds is 5. The molecule has 0 saturated heterocycles. The summed E-state index contributed by atoms with van der Waals surface area (Å²) in [6.45, 7) is 4.38. The molecular formula is C25H22F3NO3. The molecule has 0 fully saturated rings. The van der Waals surface area contributed by atoms with Crippen molar-refractivity contribution in [3.05, 3.63) is 89.7 Å². The van der Waals surface area contributed by atoms with Crippen molar-refractivity contribution < 1.29 is 27.5 Å². The monoisotopic (exact) mass is 441 g/mol. The van der Waals surface area contributed by atoms with E-state index in [1.165, 1.54) is 6.07 Å². The fourth-order valence-electron chi connectivity index (χ4n) is 3.15. The highest BCUT2D eigenvalue weighted by molar-refractivity contribution is 6.09. The van der Waals surface area contributed by atoms with Gasteiger partial charge in [0.1, 0.15) is 35.2 Å². The summed E-state index contributed by atoms with van der Waals surface area (Å²) in [6.07, 6.45) is 0. The molecule has 4 nitrogen and oxygen atoms in total. The standard InChI is InChI=1S/C25H22F3NO3/c1-25(2,3)32-22(30)15-29(24(31)23-20(27)13-18(26)14-21(23)28)19-11-7-10-17(12-19)16-8-5-4-6-9-16/h4-14H,15H2,1-3H3. The van der Waals surface area contributed by atoms with Crippen LogP contribution in [0.5, 0.6) is 0 Å². The quantitative estimate of drug-likeness (QED) is 0.473. The zero-order valence-electron chi connectivity index (χ0n) is 17.9.